The maximum absolute atomic E-state index is 5.31. The van der Waals surface area contributed by atoms with Crippen molar-refractivity contribution in [1.29, 1.82) is 0 Å². The molecule has 28 heavy (non-hydrogen) atoms. The van der Waals surface area contributed by atoms with Crippen LogP contribution in [0.1, 0.15) is 29.9 Å². The number of hydrogen-bond donors (Lipinski definition) is 2. The topological polar surface area (TPSA) is 115 Å². The second-order valence-corrected chi connectivity index (χ2v) is 5.95. The Morgan fingerprint density at radius 3 is 2.61 bits per heavy atom. The van der Waals surface area contributed by atoms with Crippen molar-refractivity contribution >= 4 is 30.6 Å². The van der Waals surface area contributed by atoms with Gasteiger partial charge in [-0.1, -0.05) is 12.1 Å². The Morgan fingerprint density at radius 2 is 1.82 bits per heavy atom. The number of nitrogens with one attached hydrogen (secondary N) is 2. The predicted molar refractivity (Wildman–Crippen MR) is 109 cm³/mol. The first-order valence-electron chi connectivity index (χ1n) is 8.76. The molecule has 150 valence electrons. The van der Waals surface area contributed by atoms with Gasteiger partial charge in [0.1, 0.15) is 11.6 Å². The van der Waals surface area contributed by atoms with Gasteiger partial charge in [-0.25, -0.2) is 19.9 Å². The summed E-state index contributed by atoms with van der Waals surface area (Å²) >= 11 is 0. The largest absolute Gasteiger partial charge is 0.361 e. The number of halogens is 2. The molecule has 1 aliphatic heterocycles. The fourth-order valence-electron chi connectivity index (χ4n) is 2.89. The number of fused-ring (bicyclic) bond motifs is 1. The van der Waals surface area contributed by atoms with Gasteiger partial charge in [-0.05, 0) is 19.0 Å². The normalized spacial score (nSPS) is 12.9. The van der Waals surface area contributed by atoms with E-state index in [1.807, 2.05) is 0 Å². The average Bonchev–Trinajstić information content (AvgIpc) is 3.04. The highest BCUT2D eigenvalue weighted by Gasteiger charge is 2.17. The molecule has 0 unspecified atom stereocenters. The Labute approximate surface area is 175 Å². The van der Waals surface area contributed by atoms with Crippen LogP contribution in [0.15, 0.2) is 23.0 Å². The van der Waals surface area contributed by atoms with E-state index in [2.05, 4.69) is 42.6 Å². The van der Waals surface area contributed by atoms with Gasteiger partial charge in [-0.2, -0.15) is 4.98 Å². The Bertz CT molecular complexity index is 890. The Morgan fingerprint density at radius 1 is 1.04 bits per heavy atom. The molecule has 0 amide bonds. The molecule has 3 aromatic rings. The van der Waals surface area contributed by atoms with Gasteiger partial charge in [0.15, 0.2) is 0 Å². The van der Waals surface area contributed by atoms with Crippen LogP contribution in [0.3, 0.4) is 0 Å². The molecule has 0 bridgehead atoms. The number of hydrogen-bond acceptors (Lipinski definition) is 9. The number of rotatable bonds is 5. The highest BCUT2D eigenvalue weighted by atomic mass is 35.5. The first-order valence-corrected chi connectivity index (χ1v) is 8.76. The van der Waals surface area contributed by atoms with Gasteiger partial charge in [-0.3, -0.25) is 0 Å². The van der Waals surface area contributed by atoms with Crippen LogP contribution in [0, 0.1) is 0 Å². The van der Waals surface area contributed by atoms with Crippen LogP contribution in [0.4, 0.5) is 5.82 Å². The van der Waals surface area contributed by atoms with Crippen LogP contribution in [-0.2, 0) is 25.8 Å². The van der Waals surface area contributed by atoms with E-state index in [4.69, 9.17) is 9.51 Å². The second-order valence-electron chi connectivity index (χ2n) is 5.95. The first-order chi connectivity index (χ1) is 12.8. The Hall–Kier alpha value is -2.36. The van der Waals surface area contributed by atoms with Crippen LogP contribution < -0.4 is 10.6 Å². The monoisotopic (exact) mass is 424 g/mol. The molecule has 0 aromatic carbocycles. The first kappa shape index (κ1) is 21.9. The smallest absolute Gasteiger partial charge is 0.246 e. The van der Waals surface area contributed by atoms with Crippen molar-refractivity contribution < 1.29 is 4.52 Å². The lowest BCUT2D eigenvalue weighted by Crippen LogP contribution is -2.16. The zero-order chi connectivity index (χ0) is 17.8. The van der Waals surface area contributed by atoms with Crippen LogP contribution in [0.2, 0.25) is 0 Å². The summed E-state index contributed by atoms with van der Waals surface area (Å²) in [7, 11) is 0. The lowest BCUT2D eigenvalue weighted by molar-refractivity contribution is 0.383. The van der Waals surface area contributed by atoms with Crippen molar-refractivity contribution in [3.8, 4) is 11.6 Å². The predicted octanol–water partition coefficient (Wildman–Crippen LogP) is 2.02. The quantitative estimate of drug-likeness (QED) is 0.634. The van der Waals surface area contributed by atoms with Crippen molar-refractivity contribution in [3.05, 3.63) is 41.4 Å². The molecule has 0 aliphatic carbocycles. The summed E-state index contributed by atoms with van der Waals surface area (Å²) < 4.78 is 5.31. The lowest BCUT2D eigenvalue weighted by Gasteiger charge is -2.13. The number of nitrogens with zero attached hydrogens (tertiary/aromatic N) is 6. The van der Waals surface area contributed by atoms with Gasteiger partial charge >= 0.3 is 0 Å². The van der Waals surface area contributed by atoms with E-state index in [-0.39, 0.29) is 24.8 Å². The summed E-state index contributed by atoms with van der Waals surface area (Å²) in [5.74, 6) is 2.98. The van der Waals surface area contributed by atoms with E-state index in [9.17, 15) is 0 Å². The number of anilines is 1. The highest BCUT2D eigenvalue weighted by Crippen LogP contribution is 2.21. The van der Waals surface area contributed by atoms with Crippen molar-refractivity contribution in [2.24, 2.45) is 0 Å². The third-order valence-corrected chi connectivity index (χ3v) is 4.19. The van der Waals surface area contributed by atoms with Gasteiger partial charge in [0.05, 0.1) is 12.2 Å². The van der Waals surface area contributed by atoms with E-state index >= 15 is 0 Å². The second kappa shape index (κ2) is 10.3. The molecule has 3 aromatic heterocycles. The highest BCUT2D eigenvalue weighted by molar-refractivity contribution is 5.85. The summed E-state index contributed by atoms with van der Waals surface area (Å²) in [4.78, 5) is 22.0. The van der Waals surface area contributed by atoms with Crippen LogP contribution in [0.5, 0.6) is 0 Å². The summed E-state index contributed by atoms with van der Waals surface area (Å²) in [6.45, 7) is 4.31. The van der Waals surface area contributed by atoms with Gasteiger partial charge in [-0.15, -0.1) is 24.8 Å². The van der Waals surface area contributed by atoms with Gasteiger partial charge in [0, 0.05) is 37.3 Å². The zero-order valence-corrected chi connectivity index (χ0v) is 17.0. The molecule has 0 atom stereocenters. The molecule has 0 spiro atoms. The van der Waals surface area contributed by atoms with Crippen molar-refractivity contribution in [3.63, 3.8) is 0 Å². The molecule has 11 heteroatoms. The SMILES string of the molecule is CCc1nc2c(c(NCc3nc(-c4ncccn4)no3)n1)CCNCC2.Cl.Cl. The van der Waals surface area contributed by atoms with Gasteiger partial charge < -0.3 is 15.2 Å². The summed E-state index contributed by atoms with van der Waals surface area (Å²) in [5, 5.41) is 10.7. The van der Waals surface area contributed by atoms with E-state index in [0.29, 0.717) is 24.1 Å². The molecule has 4 rings (SSSR count). The number of aromatic nitrogens is 6. The molecule has 0 saturated carbocycles. The number of aryl methyl sites for hydroxylation is 1. The van der Waals surface area contributed by atoms with Crippen LogP contribution in [0.25, 0.3) is 11.6 Å². The van der Waals surface area contributed by atoms with Crippen molar-refractivity contribution in [2.45, 2.75) is 32.7 Å². The average molecular weight is 425 g/mol. The summed E-state index contributed by atoms with van der Waals surface area (Å²) in [6, 6.07) is 1.74. The molecular formula is C17H22Cl2N8O. The molecular weight excluding hydrogens is 403 g/mol. The molecule has 4 heterocycles. The minimum absolute atomic E-state index is 0. The zero-order valence-electron chi connectivity index (χ0n) is 15.4. The third-order valence-electron chi connectivity index (χ3n) is 4.19. The molecule has 1 aliphatic rings. The van der Waals surface area contributed by atoms with E-state index in [1.165, 1.54) is 5.56 Å². The lowest BCUT2D eigenvalue weighted by atomic mass is 10.1. The fourth-order valence-corrected chi connectivity index (χ4v) is 2.89. The van der Waals surface area contributed by atoms with Crippen LogP contribution >= 0.6 is 24.8 Å². The minimum Gasteiger partial charge on any atom is -0.361 e. The summed E-state index contributed by atoms with van der Waals surface area (Å²) in [5.41, 5.74) is 2.28. The standard InChI is InChI=1S/C17H20N8O.2ClH/c1-2-13-22-12-5-9-18-8-4-11(12)15(23-13)21-10-14-24-17(25-26-14)16-19-6-3-7-20-16;;/h3,6-7,18H,2,4-5,8-10H2,1H3,(H,21,22,23);2*1H. The van der Waals surface area contributed by atoms with Gasteiger partial charge in [0.2, 0.25) is 17.5 Å². The maximum Gasteiger partial charge on any atom is 0.246 e. The minimum atomic E-state index is 0. The van der Waals surface area contributed by atoms with Crippen LogP contribution in [-0.4, -0.2) is 43.2 Å². The molecule has 2 N–H and O–H groups in total. The van der Waals surface area contributed by atoms with Crippen molar-refractivity contribution in [1.82, 2.24) is 35.4 Å². The Balaban J connectivity index is 0.00000140. The fraction of sp³-hybridized carbons (Fsp3) is 0.412. The maximum atomic E-state index is 5.31. The van der Waals surface area contributed by atoms with E-state index in [1.54, 1.807) is 18.5 Å². The summed E-state index contributed by atoms with van der Waals surface area (Å²) in [6.07, 6.45) is 5.90. The molecule has 0 fully saturated rings. The van der Waals surface area contributed by atoms with E-state index in [0.717, 1.165) is 49.7 Å². The molecule has 9 nitrogen and oxygen atoms in total. The van der Waals surface area contributed by atoms with E-state index < -0.39 is 0 Å². The third kappa shape index (κ3) is 4.92. The van der Waals surface area contributed by atoms with Crippen molar-refractivity contribution in [2.75, 3.05) is 18.4 Å². The molecule has 0 saturated heterocycles. The van der Waals surface area contributed by atoms with Gasteiger partial charge in [0.25, 0.3) is 0 Å². The molecule has 0 radical (unpaired) electrons. The Kier molecular flexibility index (Phi) is 8.04.